The smallest absolute Gasteiger partial charge is 0.335 e. The second kappa shape index (κ2) is 5.14. The van der Waals surface area contributed by atoms with Crippen molar-refractivity contribution >= 4 is 5.97 Å². The third-order valence-electron chi connectivity index (χ3n) is 2.80. The van der Waals surface area contributed by atoms with Gasteiger partial charge in [-0.1, -0.05) is 6.07 Å². The molecule has 0 fully saturated rings. The predicted molar refractivity (Wildman–Crippen MR) is 66.3 cm³/mol. The van der Waals surface area contributed by atoms with E-state index < -0.39 is 12.4 Å². The summed E-state index contributed by atoms with van der Waals surface area (Å²) in [6.45, 7) is 1.80. The van der Waals surface area contributed by atoms with Crippen LogP contribution in [0.2, 0.25) is 0 Å². The van der Waals surface area contributed by atoms with Gasteiger partial charge in [-0.15, -0.1) is 0 Å². The number of rotatable bonds is 3. The fourth-order valence-corrected chi connectivity index (χ4v) is 1.80. The molecule has 2 aromatic rings. The SMILES string of the molecule is Cc1ccc(C(=O)O)cc1-c1ccnc(C(F)F)c1. The number of nitrogens with zero attached hydrogens (tertiary/aromatic N) is 1. The van der Waals surface area contributed by atoms with Gasteiger partial charge in [0.1, 0.15) is 5.69 Å². The number of aromatic carboxylic acids is 1. The maximum Gasteiger partial charge on any atom is 0.335 e. The first-order valence-corrected chi connectivity index (χ1v) is 5.57. The molecule has 0 aliphatic rings. The van der Waals surface area contributed by atoms with Gasteiger partial charge in [0.05, 0.1) is 5.56 Å². The van der Waals surface area contributed by atoms with Crippen LogP contribution in [0.4, 0.5) is 8.78 Å². The van der Waals surface area contributed by atoms with E-state index in [0.29, 0.717) is 11.1 Å². The zero-order valence-electron chi connectivity index (χ0n) is 10.1. The van der Waals surface area contributed by atoms with Crippen LogP contribution in [0.5, 0.6) is 0 Å². The summed E-state index contributed by atoms with van der Waals surface area (Å²) in [6, 6.07) is 7.47. The van der Waals surface area contributed by atoms with E-state index in [0.717, 1.165) is 5.56 Å². The predicted octanol–water partition coefficient (Wildman–Crippen LogP) is 3.69. The summed E-state index contributed by atoms with van der Waals surface area (Å²) in [5, 5.41) is 8.96. The van der Waals surface area contributed by atoms with Crippen LogP contribution in [0, 0.1) is 6.92 Å². The van der Waals surface area contributed by atoms with Gasteiger partial charge in [-0.2, -0.15) is 0 Å². The van der Waals surface area contributed by atoms with Gasteiger partial charge in [0, 0.05) is 6.20 Å². The van der Waals surface area contributed by atoms with Gasteiger partial charge >= 0.3 is 5.97 Å². The highest BCUT2D eigenvalue weighted by atomic mass is 19.3. The summed E-state index contributed by atoms with van der Waals surface area (Å²) in [7, 11) is 0. The molecule has 0 unspecified atom stereocenters. The number of carbonyl (C=O) groups is 1. The molecule has 0 aliphatic heterocycles. The van der Waals surface area contributed by atoms with Crippen LogP contribution < -0.4 is 0 Å². The Morgan fingerprint density at radius 1 is 1.26 bits per heavy atom. The standard InChI is InChI=1S/C14H11F2NO2/c1-8-2-3-10(14(18)19)6-11(8)9-4-5-17-12(7-9)13(15)16/h2-7,13H,1H3,(H,18,19). The van der Waals surface area contributed by atoms with Gasteiger partial charge in [0.2, 0.25) is 0 Å². The highest BCUT2D eigenvalue weighted by molar-refractivity contribution is 5.89. The van der Waals surface area contributed by atoms with E-state index in [4.69, 9.17) is 5.11 Å². The molecule has 1 aromatic carbocycles. The van der Waals surface area contributed by atoms with E-state index in [2.05, 4.69) is 4.98 Å². The molecular formula is C14H11F2NO2. The summed E-state index contributed by atoms with van der Waals surface area (Å²) in [4.78, 5) is 14.5. The molecule has 0 radical (unpaired) electrons. The molecule has 0 amide bonds. The first-order chi connectivity index (χ1) is 8.99. The summed E-state index contributed by atoms with van der Waals surface area (Å²) in [6.07, 6.45) is -1.35. The van der Waals surface area contributed by atoms with Crippen molar-refractivity contribution in [1.82, 2.24) is 4.98 Å². The Bertz CT molecular complexity index is 627. The lowest BCUT2D eigenvalue weighted by Crippen LogP contribution is -1.98. The van der Waals surface area contributed by atoms with Crippen LogP contribution in [0.25, 0.3) is 11.1 Å². The Balaban J connectivity index is 2.54. The van der Waals surface area contributed by atoms with E-state index in [1.807, 2.05) is 0 Å². The number of hydrogen-bond donors (Lipinski definition) is 1. The van der Waals surface area contributed by atoms with Gasteiger partial charge < -0.3 is 5.11 Å². The van der Waals surface area contributed by atoms with E-state index in [1.54, 1.807) is 19.1 Å². The number of aryl methyl sites for hydroxylation is 1. The van der Waals surface area contributed by atoms with E-state index in [1.165, 1.54) is 24.4 Å². The monoisotopic (exact) mass is 263 g/mol. The molecular weight excluding hydrogens is 252 g/mol. The molecule has 5 heteroatoms. The van der Waals surface area contributed by atoms with E-state index in [9.17, 15) is 13.6 Å². The van der Waals surface area contributed by atoms with E-state index >= 15 is 0 Å². The number of carboxylic acid groups (broad SMARTS) is 1. The van der Waals surface area contributed by atoms with Crippen LogP contribution in [0.3, 0.4) is 0 Å². The number of carboxylic acids is 1. The quantitative estimate of drug-likeness (QED) is 0.918. The molecule has 0 saturated heterocycles. The maximum absolute atomic E-state index is 12.6. The van der Waals surface area contributed by atoms with E-state index in [-0.39, 0.29) is 11.3 Å². The Labute approximate surface area is 108 Å². The molecule has 0 atom stereocenters. The average molecular weight is 263 g/mol. The number of benzene rings is 1. The molecule has 2 rings (SSSR count). The first kappa shape index (κ1) is 13.1. The summed E-state index contributed by atoms with van der Waals surface area (Å²) in [5.74, 6) is -1.05. The molecule has 98 valence electrons. The highest BCUT2D eigenvalue weighted by Crippen LogP contribution is 2.27. The van der Waals surface area contributed by atoms with Crippen molar-refractivity contribution < 1.29 is 18.7 Å². The zero-order valence-corrected chi connectivity index (χ0v) is 10.1. The minimum atomic E-state index is -2.65. The van der Waals surface area contributed by atoms with Crippen molar-refractivity contribution in [3.8, 4) is 11.1 Å². The number of aromatic nitrogens is 1. The van der Waals surface area contributed by atoms with Crippen molar-refractivity contribution in [2.45, 2.75) is 13.3 Å². The minimum Gasteiger partial charge on any atom is -0.478 e. The third-order valence-corrected chi connectivity index (χ3v) is 2.80. The van der Waals surface area contributed by atoms with Crippen LogP contribution >= 0.6 is 0 Å². The molecule has 0 bridgehead atoms. The largest absolute Gasteiger partial charge is 0.478 e. The third kappa shape index (κ3) is 2.76. The van der Waals surface area contributed by atoms with Crippen molar-refractivity contribution in [2.24, 2.45) is 0 Å². The second-order valence-electron chi connectivity index (χ2n) is 4.10. The van der Waals surface area contributed by atoms with Crippen molar-refractivity contribution in [3.63, 3.8) is 0 Å². The number of alkyl halides is 2. The zero-order chi connectivity index (χ0) is 14.0. The van der Waals surface area contributed by atoms with Crippen molar-refractivity contribution in [2.75, 3.05) is 0 Å². The lowest BCUT2D eigenvalue weighted by molar-refractivity contribution is 0.0697. The molecule has 1 aromatic heterocycles. The number of halogens is 2. The second-order valence-corrected chi connectivity index (χ2v) is 4.10. The number of hydrogen-bond acceptors (Lipinski definition) is 2. The summed E-state index contributed by atoms with van der Waals surface area (Å²) in [5.41, 5.74) is 1.76. The topological polar surface area (TPSA) is 50.2 Å². The average Bonchev–Trinajstić information content (AvgIpc) is 2.39. The fourth-order valence-electron chi connectivity index (χ4n) is 1.80. The highest BCUT2D eigenvalue weighted by Gasteiger charge is 2.12. The van der Waals surface area contributed by atoms with Gasteiger partial charge in [-0.3, -0.25) is 4.98 Å². The van der Waals surface area contributed by atoms with Gasteiger partial charge in [0.15, 0.2) is 0 Å². The Hall–Kier alpha value is -2.30. The summed E-state index contributed by atoms with van der Waals surface area (Å²) >= 11 is 0. The number of pyridine rings is 1. The van der Waals surface area contributed by atoms with Crippen LogP contribution in [-0.4, -0.2) is 16.1 Å². The lowest BCUT2D eigenvalue weighted by atomic mass is 9.98. The van der Waals surface area contributed by atoms with Crippen molar-refractivity contribution in [3.05, 3.63) is 53.3 Å². The van der Waals surface area contributed by atoms with Crippen LogP contribution in [-0.2, 0) is 0 Å². The lowest BCUT2D eigenvalue weighted by Gasteiger charge is -2.08. The normalized spacial score (nSPS) is 10.7. The van der Waals surface area contributed by atoms with Gasteiger partial charge in [0.25, 0.3) is 6.43 Å². The molecule has 0 spiro atoms. The van der Waals surface area contributed by atoms with Gasteiger partial charge in [-0.05, 0) is 47.9 Å². The molecule has 1 heterocycles. The minimum absolute atomic E-state index is 0.121. The Morgan fingerprint density at radius 3 is 2.63 bits per heavy atom. The fraction of sp³-hybridized carbons (Fsp3) is 0.143. The van der Waals surface area contributed by atoms with Gasteiger partial charge in [-0.25, -0.2) is 13.6 Å². The molecule has 0 saturated carbocycles. The first-order valence-electron chi connectivity index (χ1n) is 5.57. The molecule has 3 nitrogen and oxygen atoms in total. The summed E-state index contributed by atoms with van der Waals surface area (Å²) < 4.78 is 25.2. The molecule has 0 aliphatic carbocycles. The van der Waals surface area contributed by atoms with Crippen molar-refractivity contribution in [1.29, 1.82) is 0 Å². The van der Waals surface area contributed by atoms with Crippen LogP contribution in [0.15, 0.2) is 36.5 Å². The molecule has 19 heavy (non-hydrogen) atoms. The Kier molecular flexibility index (Phi) is 3.55. The van der Waals surface area contributed by atoms with Crippen LogP contribution in [0.1, 0.15) is 28.0 Å². The Morgan fingerprint density at radius 2 is 2.00 bits per heavy atom. The maximum atomic E-state index is 12.6. The molecule has 1 N–H and O–H groups in total.